The summed E-state index contributed by atoms with van der Waals surface area (Å²) in [6, 6.07) is 11.9. The van der Waals surface area contributed by atoms with Gasteiger partial charge >= 0.3 is 0 Å². The fourth-order valence-corrected chi connectivity index (χ4v) is 1.31. The molecule has 86 valence electrons. The van der Waals surface area contributed by atoms with Gasteiger partial charge in [-0.3, -0.25) is 0 Å². The molecule has 0 aliphatic carbocycles. The first-order valence-corrected chi connectivity index (χ1v) is 5.02. The summed E-state index contributed by atoms with van der Waals surface area (Å²) in [6.45, 7) is 0. The number of phenols is 1. The number of hydrogen-bond donors (Lipinski definition) is 3. The average Bonchev–Trinajstić information content (AvgIpc) is 2.33. The average molecular weight is 228 g/mol. The molecule has 0 heterocycles. The van der Waals surface area contributed by atoms with Crippen LogP contribution >= 0.6 is 0 Å². The predicted molar refractivity (Wildman–Crippen MR) is 67.5 cm³/mol. The Bertz CT molecular complexity index is 566. The molecule has 5 heteroatoms. The molecular weight excluding hydrogens is 216 g/mol. The van der Waals surface area contributed by atoms with Crippen LogP contribution in [-0.4, -0.2) is 5.11 Å². The van der Waals surface area contributed by atoms with E-state index in [1.165, 1.54) is 6.07 Å². The topological polar surface area (TPSA) is 97.0 Å². The zero-order valence-corrected chi connectivity index (χ0v) is 9.04. The van der Waals surface area contributed by atoms with Gasteiger partial charge in [-0.15, -0.1) is 10.2 Å². The van der Waals surface area contributed by atoms with Crippen LogP contribution in [0.2, 0.25) is 0 Å². The first kappa shape index (κ1) is 10.9. The molecule has 0 aliphatic rings. The smallest absolute Gasteiger partial charge is 0.140 e. The van der Waals surface area contributed by atoms with Crippen molar-refractivity contribution >= 4 is 22.7 Å². The van der Waals surface area contributed by atoms with Crippen LogP contribution in [0, 0.1) is 0 Å². The highest BCUT2D eigenvalue weighted by molar-refractivity contribution is 5.69. The van der Waals surface area contributed by atoms with Gasteiger partial charge in [0.15, 0.2) is 0 Å². The van der Waals surface area contributed by atoms with Gasteiger partial charge in [-0.25, -0.2) is 0 Å². The standard InChI is InChI=1S/C12H12N4O/c13-8-4-1-2-5-9(8)15-16-10-6-3-7-11(17)12(10)14/h1-7,17H,13-14H2/b16-15+. The van der Waals surface area contributed by atoms with Crippen LogP contribution in [0.1, 0.15) is 0 Å². The SMILES string of the molecule is Nc1ccccc1/N=N/c1cccc(O)c1N. The zero-order valence-electron chi connectivity index (χ0n) is 9.04. The number of hydrogen-bond acceptors (Lipinski definition) is 5. The van der Waals surface area contributed by atoms with Crippen molar-refractivity contribution in [1.82, 2.24) is 0 Å². The lowest BCUT2D eigenvalue weighted by atomic mass is 10.2. The van der Waals surface area contributed by atoms with Crippen LogP contribution in [0.25, 0.3) is 0 Å². The number of rotatable bonds is 2. The second-order valence-electron chi connectivity index (χ2n) is 3.47. The van der Waals surface area contributed by atoms with Gasteiger partial charge in [0.1, 0.15) is 22.8 Å². The molecule has 0 atom stereocenters. The van der Waals surface area contributed by atoms with E-state index in [1.807, 2.05) is 12.1 Å². The summed E-state index contributed by atoms with van der Waals surface area (Å²) < 4.78 is 0. The number of azo groups is 1. The molecule has 0 spiro atoms. The number of phenolic OH excluding ortho intramolecular Hbond substituents is 1. The third kappa shape index (κ3) is 2.34. The molecule has 0 aromatic heterocycles. The van der Waals surface area contributed by atoms with Gasteiger partial charge in [0, 0.05) is 0 Å². The third-order valence-corrected chi connectivity index (χ3v) is 2.26. The van der Waals surface area contributed by atoms with E-state index in [4.69, 9.17) is 11.5 Å². The van der Waals surface area contributed by atoms with Crippen LogP contribution in [-0.2, 0) is 0 Å². The predicted octanol–water partition coefficient (Wildman–Crippen LogP) is 2.97. The fraction of sp³-hybridized carbons (Fsp3) is 0. The van der Waals surface area contributed by atoms with Crippen molar-refractivity contribution in [2.45, 2.75) is 0 Å². The van der Waals surface area contributed by atoms with Crippen molar-refractivity contribution in [2.75, 3.05) is 11.5 Å². The zero-order chi connectivity index (χ0) is 12.3. The maximum atomic E-state index is 9.40. The first-order chi connectivity index (χ1) is 8.18. The second-order valence-corrected chi connectivity index (χ2v) is 3.47. The van der Waals surface area contributed by atoms with Crippen molar-refractivity contribution < 1.29 is 5.11 Å². The van der Waals surface area contributed by atoms with E-state index in [1.54, 1.807) is 24.3 Å². The highest BCUT2D eigenvalue weighted by Crippen LogP contribution is 2.32. The Hall–Kier alpha value is -2.56. The molecule has 0 fully saturated rings. The molecule has 0 unspecified atom stereocenters. The molecule has 0 radical (unpaired) electrons. The molecule has 2 aromatic carbocycles. The first-order valence-electron chi connectivity index (χ1n) is 5.02. The molecule has 0 aliphatic heterocycles. The molecule has 2 rings (SSSR count). The lowest BCUT2D eigenvalue weighted by Crippen LogP contribution is -1.86. The fourth-order valence-electron chi connectivity index (χ4n) is 1.31. The van der Waals surface area contributed by atoms with Crippen molar-refractivity contribution in [3.63, 3.8) is 0 Å². The van der Waals surface area contributed by atoms with Gasteiger partial charge in [-0.1, -0.05) is 18.2 Å². The Morgan fingerprint density at radius 2 is 1.47 bits per heavy atom. The third-order valence-electron chi connectivity index (χ3n) is 2.26. The Balaban J connectivity index is 2.33. The van der Waals surface area contributed by atoms with E-state index in [2.05, 4.69) is 10.2 Å². The Labute approximate surface area is 98.4 Å². The van der Waals surface area contributed by atoms with Crippen LogP contribution in [0.4, 0.5) is 22.7 Å². The molecule has 0 saturated heterocycles. The molecule has 17 heavy (non-hydrogen) atoms. The van der Waals surface area contributed by atoms with Crippen molar-refractivity contribution in [3.8, 4) is 5.75 Å². The lowest BCUT2D eigenvalue weighted by molar-refractivity contribution is 0.478. The second kappa shape index (κ2) is 4.52. The van der Waals surface area contributed by atoms with Gasteiger partial charge in [0.05, 0.1) is 5.69 Å². The summed E-state index contributed by atoms with van der Waals surface area (Å²) in [5, 5.41) is 17.3. The van der Waals surface area contributed by atoms with E-state index in [9.17, 15) is 5.11 Å². The summed E-state index contributed by atoms with van der Waals surface area (Å²) in [6.07, 6.45) is 0. The number of anilines is 2. The summed E-state index contributed by atoms with van der Waals surface area (Å²) in [7, 11) is 0. The minimum absolute atomic E-state index is 0.0116. The monoisotopic (exact) mass is 228 g/mol. The van der Waals surface area contributed by atoms with Gasteiger partial charge in [-0.2, -0.15) is 0 Å². The maximum absolute atomic E-state index is 9.40. The molecule has 0 bridgehead atoms. The number of nitrogens with zero attached hydrogens (tertiary/aromatic N) is 2. The van der Waals surface area contributed by atoms with Crippen LogP contribution in [0.15, 0.2) is 52.7 Å². The summed E-state index contributed by atoms with van der Waals surface area (Å²) in [5.41, 5.74) is 13.1. The van der Waals surface area contributed by atoms with Crippen LogP contribution in [0.5, 0.6) is 5.75 Å². The van der Waals surface area contributed by atoms with Gasteiger partial charge < -0.3 is 16.6 Å². The van der Waals surface area contributed by atoms with Crippen molar-refractivity contribution in [1.29, 1.82) is 0 Å². The number of benzene rings is 2. The molecule has 2 aromatic rings. The van der Waals surface area contributed by atoms with E-state index in [-0.39, 0.29) is 11.4 Å². The van der Waals surface area contributed by atoms with Gasteiger partial charge in [-0.05, 0) is 24.3 Å². The molecular formula is C12H12N4O. The van der Waals surface area contributed by atoms with Gasteiger partial charge in [0.2, 0.25) is 0 Å². The van der Waals surface area contributed by atoms with E-state index in [0.29, 0.717) is 17.1 Å². The van der Waals surface area contributed by atoms with E-state index in [0.717, 1.165) is 0 Å². The number of nitrogen functional groups attached to an aromatic ring is 2. The lowest BCUT2D eigenvalue weighted by Gasteiger charge is -2.01. The van der Waals surface area contributed by atoms with Crippen LogP contribution in [0.3, 0.4) is 0 Å². The largest absolute Gasteiger partial charge is 0.506 e. The molecule has 0 saturated carbocycles. The minimum Gasteiger partial charge on any atom is -0.506 e. The Kier molecular flexibility index (Phi) is 2.91. The Morgan fingerprint density at radius 3 is 2.24 bits per heavy atom. The quantitative estimate of drug-likeness (QED) is 0.418. The molecule has 5 N–H and O–H groups in total. The van der Waals surface area contributed by atoms with E-state index < -0.39 is 0 Å². The highest BCUT2D eigenvalue weighted by atomic mass is 16.3. The highest BCUT2D eigenvalue weighted by Gasteiger charge is 2.02. The van der Waals surface area contributed by atoms with E-state index >= 15 is 0 Å². The maximum Gasteiger partial charge on any atom is 0.140 e. The van der Waals surface area contributed by atoms with Crippen molar-refractivity contribution in [3.05, 3.63) is 42.5 Å². The number of nitrogens with two attached hydrogens (primary N) is 2. The summed E-state index contributed by atoms with van der Waals surface area (Å²) in [4.78, 5) is 0. The number of para-hydroxylation sites is 2. The normalized spacial score (nSPS) is 10.8. The minimum atomic E-state index is -0.0116. The van der Waals surface area contributed by atoms with Crippen LogP contribution < -0.4 is 11.5 Å². The Morgan fingerprint density at radius 1 is 0.824 bits per heavy atom. The molecule has 5 nitrogen and oxygen atoms in total. The van der Waals surface area contributed by atoms with Crippen molar-refractivity contribution in [2.24, 2.45) is 10.2 Å². The number of aromatic hydroxyl groups is 1. The summed E-state index contributed by atoms with van der Waals surface area (Å²) >= 11 is 0. The van der Waals surface area contributed by atoms with Gasteiger partial charge in [0.25, 0.3) is 0 Å². The molecule has 0 amide bonds. The summed E-state index contributed by atoms with van der Waals surface area (Å²) in [5.74, 6) is -0.0116.